The van der Waals surface area contributed by atoms with Crippen LogP contribution in [-0.2, 0) is 22.7 Å². The third-order valence-corrected chi connectivity index (χ3v) is 4.37. The maximum absolute atomic E-state index is 13.7. The predicted molar refractivity (Wildman–Crippen MR) is 92.5 cm³/mol. The molecule has 0 fully saturated rings. The van der Waals surface area contributed by atoms with Crippen molar-refractivity contribution < 1.29 is 22.7 Å². The van der Waals surface area contributed by atoms with Gasteiger partial charge in [-0.3, -0.25) is 4.79 Å². The second kappa shape index (κ2) is 8.14. The van der Waals surface area contributed by atoms with E-state index in [0.29, 0.717) is 11.0 Å². The number of hydrogen-bond acceptors (Lipinski definition) is 5. The number of benzene rings is 2. The van der Waals surface area contributed by atoms with Crippen molar-refractivity contribution in [3.63, 3.8) is 0 Å². The summed E-state index contributed by atoms with van der Waals surface area (Å²) >= 11 is 0.229. The summed E-state index contributed by atoms with van der Waals surface area (Å²) in [7, 11) is 0. The number of imidazole rings is 1. The summed E-state index contributed by atoms with van der Waals surface area (Å²) in [6.07, 6.45) is 0. The fraction of sp³-hybridized carbons (Fsp3) is 0.167. The predicted octanol–water partition coefficient (Wildman–Crippen LogP) is 4.11. The van der Waals surface area contributed by atoms with E-state index in [0.717, 1.165) is 6.07 Å². The minimum atomic E-state index is -2.69. The molecule has 0 saturated carbocycles. The number of rotatable bonds is 6. The summed E-state index contributed by atoms with van der Waals surface area (Å²) in [6, 6.07) is 12.3. The summed E-state index contributed by atoms with van der Waals surface area (Å²) in [6.45, 7) is -0.723. The minimum Gasteiger partial charge on any atom is -0.459 e. The van der Waals surface area contributed by atoms with Gasteiger partial charge >= 0.3 is 5.97 Å². The van der Waals surface area contributed by atoms with Crippen LogP contribution in [0.4, 0.5) is 13.2 Å². The third kappa shape index (κ3) is 4.41. The number of aromatic nitrogens is 2. The van der Waals surface area contributed by atoms with Crippen molar-refractivity contribution in [1.29, 1.82) is 5.26 Å². The summed E-state index contributed by atoms with van der Waals surface area (Å²) in [5, 5.41) is 8.84. The lowest BCUT2D eigenvalue weighted by Crippen LogP contribution is -2.15. The van der Waals surface area contributed by atoms with E-state index in [1.165, 1.54) is 16.7 Å². The SMILES string of the molecule is N#Cc1ccc(F)c(COC(=O)Cn2c(SC(F)F)nc3ccccc32)c1. The zero-order valence-electron chi connectivity index (χ0n) is 13.7. The molecule has 0 amide bonds. The number of alkyl halides is 2. The molecule has 1 heterocycles. The zero-order valence-corrected chi connectivity index (χ0v) is 14.5. The minimum absolute atomic E-state index is 0.0131. The molecule has 0 aliphatic rings. The highest BCUT2D eigenvalue weighted by Gasteiger charge is 2.18. The number of carbonyl (C=O) groups is 1. The summed E-state index contributed by atoms with van der Waals surface area (Å²) in [5.74, 6) is -4.04. The summed E-state index contributed by atoms with van der Waals surface area (Å²) < 4.78 is 45.7. The van der Waals surface area contributed by atoms with Crippen LogP contribution in [0.15, 0.2) is 47.6 Å². The zero-order chi connectivity index (χ0) is 19.4. The van der Waals surface area contributed by atoms with E-state index in [4.69, 9.17) is 10.00 Å². The van der Waals surface area contributed by atoms with Crippen molar-refractivity contribution in [2.24, 2.45) is 0 Å². The Morgan fingerprint density at radius 3 is 2.81 bits per heavy atom. The Hall–Kier alpha value is -2.99. The fourth-order valence-corrected chi connectivity index (χ4v) is 3.06. The molecule has 0 aliphatic heterocycles. The van der Waals surface area contributed by atoms with Crippen LogP contribution >= 0.6 is 11.8 Å². The number of hydrogen-bond donors (Lipinski definition) is 0. The van der Waals surface area contributed by atoms with Crippen molar-refractivity contribution in [2.75, 3.05) is 0 Å². The van der Waals surface area contributed by atoms with Gasteiger partial charge in [-0.05, 0) is 42.1 Å². The largest absolute Gasteiger partial charge is 0.459 e. The molecule has 0 atom stereocenters. The molecular formula is C18H12F3N3O2S. The number of ether oxygens (including phenoxy) is 1. The number of thioether (sulfide) groups is 1. The van der Waals surface area contributed by atoms with E-state index in [9.17, 15) is 18.0 Å². The second-order valence-corrected chi connectivity index (χ2v) is 6.38. The summed E-state index contributed by atoms with van der Waals surface area (Å²) in [5.41, 5.74) is 1.27. The average Bonchev–Trinajstić information content (AvgIpc) is 2.97. The Balaban J connectivity index is 1.77. The lowest BCUT2D eigenvalue weighted by molar-refractivity contribution is -0.145. The molecule has 3 aromatic rings. The highest BCUT2D eigenvalue weighted by Crippen LogP contribution is 2.28. The first-order chi connectivity index (χ1) is 13.0. The Kier molecular flexibility index (Phi) is 5.66. The lowest BCUT2D eigenvalue weighted by atomic mass is 10.1. The van der Waals surface area contributed by atoms with E-state index < -0.39 is 17.5 Å². The third-order valence-electron chi connectivity index (χ3n) is 3.66. The van der Waals surface area contributed by atoms with Gasteiger partial charge in [-0.25, -0.2) is 9.37 Å². The number of carbonyl (C=O) groups excluding carboxylic acids is 1. The molecule has 138 valence electrons. The van der Waals surface area contributed by atoms with Gasteiger partial charge in [-0.1, -0.05) is 12.1 Å². The molecular weight excluding hydrogens is 379 g/mol. The van der Waals surface area contributed by atoms with Crippen LogP contribution in [0, 0.1) is 17.1 Å². The standard InChI is InChI=1S/C18H12F3N3O2S/c19-13-6-5-11(8-22)7-12(13)10-26-16(25)9-24-15-4-2-1-3-14(15)23-18(24)27-17(20)21/h1-7,17H,9-10H2. The van der Waals surface area contributed by atoms with Gasteiger partial charge < -0.3 is 9.30 Å². The molecule has 0 unspecified atom stereocenters. The highest BCUT2D eigenvalue weighted by atomic mass is 32.2. The van der Waals surface area contributed by atoms with Crippen LogP contribution in [0.5, 0.6) is 0 Å². The van der Waals surface area contributed by atoms with Crippen LogP contribution in [0.1, 0.15) is 11.1 Å². The molecule has 3 rings (SSSR count). The molecule has 0 N–H and O–H groups in total. The van der Waals surface area contributed by atoms with Crippen molar-refractivity contribution in [3.05, 3.63) is 59.4 Å². The average molecular weight is 391 g/mol. The number of nitriles is 1. The quantitative estimate of drug-likeness (QED) is 0.467. The smallest absolute Gasteiger partial charge is 0.326 e. The van der Waals surface area contributed by atoms with Crippen molar-refractivity contribution in [3.8, 4) is 6.07 Å². The van der Waals surface area contributed by atoms with Crippen molar-refractivity contribution in [1.82, 2.24) is 9.55 Å². The van der Waals surface area contributed by atoms with Gasteiger partial charge in [0.1, 0.15) is 19.0 Å². The number of para-hydroxylation sites is 2. The van der Waals surface area contributed by atoms with Gasteiger partial charge in [0.05, 0.1) is 22.7 Å². The van der Waals surface area contributed by atoms with E-state index in [2.05, 4.69) is 4.98 Å². The Labute approximate surface area is 156 Å². The van der Waals surface area contributed by atoms with Crippen LogP contribution in [0.2, 0.25) is 0 Å². The fourth-order valence-electron chi connectivity index (χ4n) is 2.46. The molecule has 27 heavy (non-hydrogen) atoms. The maximum Gasteiger partial charge on any atom is 0.326 e. The monoisotopic (exact) mass is 391 g/mol. The van der Waals surface area contributed by atoms with Crippen LogP contribution in [0.25, 0.3) is 11.0 Å². The van der Waals surface area contributed by atoms with Gasteiger partial charge in [0, 0.05) is 5.56 Å². The number of esters is 1. The van der Waals surface area contributed by atoms with E-state index in [1.54, 1.807) is 24.3 Å². The first-order valence-corrected chi connectivity index (χ1v) is 8.60. The Morgan fingerprint density at radius 1 is 1.30 bits per heavy atom. The molecule has 0 spiro atoms. The number of fused-ring (bicyclic) bond motifs is 1. The van der Waals surface area contributed by atoms with Crippen LogP contribution in [-0.4, -0.2) is 21.3 Å². The Morgan fingerprint density at radius 2 is 2.07 bits per heavy atom. The van der Waals surface area contributed by atoms with E-state index >= 15 is 0 Å². The van der Waals surface area contributed by atoms with E-state index in [1.807, 2.05) is 6.07 Å². The van der Waals surface area contributed by atoms with Gasteiger partial charge in [-0.15, -0.1) is 0 Å². The van der Waals surface area contributed by atoms with Gasteiger partial charge in [-0.2, -0.15) is 14.0 Å². The second-order valence-electron chi connectivity index (χ2n) is 5.43. The maximum atomic E-state index is 13.7. The molecule has 2 aromatic carbocycles. The first kappa shape index (κ1) is 18.8. The molecule has 9 heteroatoms. The van der Waals surface area contributed by atoms with Crippen molar-refractivity contribution >= 4 is 28.8 Å². The highest BCUT2D eigenvalue weighted by molar-refractivity contribution is 7.99. The van der Waals surface area contributed by atoms with Crippen LogP contribution in [0.3, 0.4) is 0 Å². The molecule has 0 bridgehead atoms. The Bertz CT molecular complexity index is 1030. The topological polar surface area (TPSA) is 67.9 Å². The van der Waals surface area contributed by atoms with Crippen molar-refractivity contribution in [2.45, 2.75) is 24.1 Å². The molecule has 1 aromatic heterocycles. The molecule has 0 aliphatic carbocycles. The number of halogens is 3. The first-order valence-electron chi connectivity index (χ1n) is 7.72. The van der Waals surface area contributed by atoms with E-state index in [-0.39, 0.29) is 41.2 Å². The summed E-state index contributed by atoms with van der Waals surface area (Å²) in [4.78, 5) is 16.3. The van der Waals surface area contributed by atoms with Crippen LogP contribution < -0.4 is 0 Å². The molecule has 5 nitrogen and oxygen atoms in total. The molecule has 0 saturated heterocycles. The van der Waals surface area contributed by atoms with Gasteiger partial charge in [0.2, 0.25) is 0 Å². The van der Waals surface area contributed by atoms with Gasteiger partial charge in [0.15, 0.2) is 5.16 Å². The van der Waals surface area contributed by atoms with Gasteiger partial charge in [0.25, 0.3) is 5.76 Å². The number of nitrogens with zero attached hydrogens (tertiary/aromatic N) is 3. The lowest BCUT2D eigenvalue weighted by Gasteiger charge is -2.10. The normalized spacial score (nSPS) is 10.9. The molecule has 0 radical (unpaired) electrons.